The third-order valence-corrected chi connectivity index (χ3v) is 9.12. The van der Waals surface area contributed by atoms with Gasteiger partial charge in [0.2, 0.25) is 0 Å². The van der Waals surface area contributed by atoms with E-state index >= 15 is 0 Å². The summed E-state index contributed by atoms with van der Waals surface area (Å²) in [5, 5.41) is 14.6. The summed E-state index contributed by atoms with van der Waals surface area (Å²) >= 11 is 8.25. The minimum Gasteiger partial charge on any atom is -0.379 e. The highest BCUT2D eigenvalue weighted by Crippen LogP contribution is 2.50. The molecule has 0 aromatic heterocycles. The Kier molecular flexibility index (Phi) is 5.38. The Balaban J connectivity index is 1.34. The molecule has 2 aliphatic carbocycles. The molecule has 29 heavy (non-hydrogen) atoms. The van der Waals surface area contributed by atoms with Crippen molar-refractivity contribution in [1.82, 2.24) is 15.1 Å². The number of nitrogens with zero attached hydrogens (tertiary/aromatic N) is 3. The second kappa shape index (κ2) is 7.74. The number of aliphatic hydroxyl groups excluding tert-OH is 1. The normalized spacial score (nSPS) is 40.4. The summed E-state index contributed by atoms with van der Waals surface area (Å²) in [6, 6.07) is 0.477. The van der Waals surface area contributed by atoms with Crippen LogP contribution in [0.25, 0.3) is 0 Å². The molecule has 160 valence electrons. The fraction of sp³-hybridized carbons (Fsp3) is 0.810. The van der Waals surface area contributed by atoms with Crippen LogP contribution in [0, 0.1) is 5.41 Å². The van der Waals surface area contributed by atoms with Crippen LogP contribution in [-0.4, -0.2) is 74.7 Å². The van der Waals surface area contributed by atoms with Crippen molar-refractivity contribution in [3.63, 3.8) is 0 Å². The lowest BCUT2D eigenvalue weighted by atomic mass is 9.76. The van der Waals surface area contributed by atoms with E-state index in [1.807, 2.05) is 11.8 Å². The summed E-state index contributed by atoms with van der Waals surface area (Å²) in [6.07, 6.45) is 9.38. The molecule has 6 atom stereocenters. The molecule has 1 spiro atoms. The molecule has 5 aliphatic rings. The quantitative estimate of drug-likeness (QED) is 0.487. The number of likely N-dealkylation sites (tertiary alicyclic amines) is 2. The van der Waals surface area contributed by atoms with Crippen molar-refractivity contribution in [2.75, 3.05) is 19.6 Å². The number of carbonyl (C=O) groups is 1. The zero-order valence-corrected chi connectivity index (χ0v) is 18.6. The average Bonchev–Trinajstić information content (AvgIpc) is 3.38. The lowest BCUT2D eigenvalue weighted by Crippen LogP contribution is -2.45. The number of allylic oxidation sites excluding steroid dienone is 1. The number of amidine groups is 1. The highest BCUT2D eigenvalue weighted by atomic mass is 35.5. The summed E-state index contributed by atoms with van der Waals surface area (Å²) in [4.78, 5) is 22.2. The van der Waals surface area contributed by atoms with Gasteiger partial charge in [-0.2, -0.15) is 0 Å². The molecule has 6 nitrogen and oxygen atoms in total. The van der Waals surface area contributed by atoms with E-state index in [4.69, 9.17) is 16.6 Å². The third-order valence-electron chi connectivity index (χ3n) is 7.50. The van der Waals surface area contributed by atoms with Gasteiger partial charge >= 0.3 is 6.03 Å². The maximum Gasteiger partial charge on any atom is 0.323 e. The second-order valence-electron chi connectivity index (χ2n) is 9.36. The molecule has 0 bridgehead atoms. The van der Waals surface area contributed by atoms with Gasteiger partial charge in [-0.15, -0.1) is 11.6 Å². The number of nitrogens with one attached hydrogen (secondary N) is 1. The zero-order chi connectivity index (χ0) is 20.2. The summed E-state index contributed by atoms with van der Waals surface area (Å²) in [5.41, 5.74) is 1.24. The molecule has 2 saturated heterocycles. The number of carbonyl (C=O) groups excluding carboxylic acids is 1. The maximum atomic E-state index is 13.3. The molecule has 2 amide bonds. The SMILES string of the molecule is CC(O)N1CCC2(C1)CN(C(=O)NC1=NC3CCCCC3S1)C1CCC(Cl)C=C12. The van der Waals surface area contributed by atoms with Crippen molar-refractivity contribution >= 4 is 34.6 Å². The summed E-state index contributed by atoms with van der Waals surface area (Å²) in [6.45, 7) is 4.17. The van der Waals surface area contributed by atoms with E-state index in [1.54, 1.807) is 11.8 Å². The minimum atomic E-state index is -0.459. The van der Waals surface area contributed by atoms with Gasteiger partial charge in [-0.1, -0.05) is 30.7 Å². The molecule has 2 N–H and O–H groups in total. The van der Waals surface area contributed by atoms with Crippen LogP contribution < -0.4 is 5.32 Å². The van der Waals surface area contributed by atoms with Crippen LogP contribution in [0.3, 0.4) is 0 Å². The Hall–Kier alpha value is -0.760. The molecular weight excluding hydrogens is 408 g/mol. The standard InChI is InChI=1S/C21H31ClN4O2S/c1-13(27)25-9-8-21(11-25)12-26(17-7-6-14(22)10-15(17)21)20(28)24-19-23-16-4-2-3-5-18(16)29-19/h10,13-14,16-18,27H,2-9,11-12H2,1H3,(H,23,24,28). The number of hydrogen-bond acceptors (Lipinski definition) is 5. The topological polar surface area (TPSA) is 68.2 Å². The number of rotatable bonds is 1. The molecule has 3 fully saturated rings. The highest BCUT2D eigenvalue weighted by Gasteiger charge is 2.54. The molecule has 0 aromatic carbocycles. The van der Waals surface area contributed by atoms with E-state index in [0.29, 0.717) is 17.8 Å². The minimum absolute atomic E-state index is 0.0220. The monoisotopic (exact) mass is 438 g/mol. The highest BCUT2D eigenvalue weighted by molar-refractivity contribution is 8.14. The van der Waals surface area contributed by atoms with Gasteiger partial charge in [-0.05, 0) is 44.6 Å². The number of fused-ring (bicyclic) bond motifs is 3. The molecule has 1 saturated carbocycles. The maximum absolute atomic E-state index is 13.3. The van der Waals surface area contributed by atoms with Crippen LogP contribution in [0.5, 0.6) is 0 Å². The summed E-state index contributed by atoms with van der Waals surface area (Å²) in [5.74, 6) is 0. The van der Waals surface area contributed by atoms with E-state index in [2.05, 4.69) is 16.3 Å². The number of thioether (sulfide) groups is 1. The molecule has 3 aliphatic heterocycles. The predicted molar refractivity (Wildman–Crippen MR) is 117 cm³/mol. The van der Waals surface area contributed by atoms with Gasteiger partial charge in [-0.25, -0.2) is 4.79 Å². The first-order valence-corrected chi connectivity index (χ1v) is 12.4. The predicted octanol–water partition coefficient (Wildman–Crippen LogP) is 3.15. The van der Waals surface area contributed by atoms with Crippen LogP contribution in [0.2, 0.25) is 0 Å². The fourth-order valence-electron chi connectivity index (χ4n) is 5.96. The number of urea groups is 1. The lowest BCUT2D eigenvalue weighted by molar-refractivity contribution is 0.0305. The Morgan fingerprint density at radius 1 is 1.34 bits per heavy atom. The first-order valence-electron chi connectivity index (χ1n) is 11.1. The number of aliphatic hydroxyl groups is 1. The van der Waals surface area contributed by atoms with Crippen molar-refractivity contribution in [2.45, 2.75) is 80.8 Å². The largest absolute Gasteiger partial charge is 0.379 e. The van der Waals surface area contributed by atoms with Crippen molar-refractivity contribution < 1.29 is 9.90 Å². The van der Waals surface area contributed by atoms with Crippen molar-refractivity contribution in [3.8, 4) is 0 Å². The smallest absolute Gasteiger partial charge is 0.323 e. The molecule has 5 rings (SSSR count). The fourth-order valence-corrected chi connectivity index (χ4v) is 7.49. The first-order chi connectivity index (χ1) is 13.9. The van der Waals surface area contributed by atoms with Crippen molar-refractivity contribution in [1.29, 1.82) is 0 Å². The van der Waals surface area contributed by atoms with Crippen molar-refractivity contribution in [3.05, 3.63) is 11.6 Å². The van der Waals surface area contributed by atoms with Crippen LogP contribution in [0.4, 0.5) is 4.79 Å². The molecule has 3 heterocycles. The number of alkyl halides is 1. The number of halogens is 1. The Morgan fingerprint density at radius 3 is 2.93 bits per heavy atom. The van der Waals surface area contributed by atoms with Crippen LogP contribution in [-0.2, 0) is 0 Å². The molecule has 8 heteroatoms. The second-order valence-corrected chi connectivity index (χ2v) is 11.2. The van der Waals surface area contributed by atoms with E-state index < -0.39 is 6.23 Å². The first kappa shape index (κ1) is 20.2. The summed E-state index contributed by atoms with van der Waals surface area (Å²) < 4.78 is 0. The van der Waals surface area contributed by atoms with Gasteiger partial charge < -0.3 is 10.0 Å². The van der Waals surface area contributed by atoms with E-state index in [1.165, 1.54) is 24.8 Å². The van der Waals surface area contributed by atoms with Gasteiger partial charge in [-0.3, -0.25) is 15.2 Å². The Morgan fingerprint density at radius 2 is 2.17 bits per heavy atom. The van der Waals surface area contributed by atoms with Crippen LogP contribution in [0.15, 0.2) is 16.6 Å². The Labute approximate surface area is 182 Å². The number of hydrogen-bond donors (Lipinski definition) is 2. The molecule has 0 radical (unpaired) electrons. The molecular formula is C21H31ClN4O2S. The molecule has 0 aromatic rings. The van der Waals surface area contributed by atoms with Gasteiger partial charge in [0, 0.05) is 30.3 Å². The van der Waals surface area contributed by atoms with Gasteiger partial charge in [0.1, 0.15) is 6.23 Å². The summed E-state index contributed by atoms with van der Waals surface area (Å²) in [7, 11) is 0. The van der Waals surface area contributed by atoms with Crippen molar-refractivity contribution in [2.24, 2.45) is 10.4 Å². The molecule has 6 unspecified atom stereocenters. The van der Waals surface area contributed by atoms with Gasteiger partial charge in [0.25, 0.3) is 0 Å². The van der Waals surface area contributed by atoms with Crippen LogP contribution >= 0.6 is 23.4 Å². The lowest BCUT2D eigenvalue weighted by Gasteiger charge is -2.31. The average molecular weight is 439 g/mol. The van der Waals surface area contributed by atoms with E-state index in [9.17, 15) is 9.90 Å². The van der Waals surface area contributed by atoms with Crippen LogP contribution in [0.1, 0.15) is 51.9 Å². The third kappa shape index (κ3) is 3.62. The van der Waals surface area contributed by atoms with E-state index in [-0.39, 0.29) is 22.9 Å². The van der Waals surface area contributed by atoms with Gasteiger partial charge in [0.05, 0.1) is 17.5 Å². The number of aliphatic imine (C=N–C) groups is 1. The number of amides is 2. The van der Waals surface area contributed by atoms with Gasteiger partial charge in [0.15, 0.2) is 5.17 Å². The Bertz CT molecular complexity index is 744. The van der Waals surface area contributed by atoms with E-state index in [0.717, 1.165) is 43.9 Å². The zero-order valence-electron chi connectivity index (χ0n) is 17.0.